The van der Waals surface area contributed by atoms with Crippen LogP contribution in [0.4, 0.5) is 0 Å². The normalized spacial score (nSPS) is 10.4. The van der Waals surface area contributed by atoms with Gasteiger partial charge in [-0.3, -0.25) is 0 Å². The fourth-order valence-corrected chi connectivity index (χ4v) is 1.65. The molecule has 0 radical (unpaired) electrons. The van der Waals surface area contributed by atoms with E-state index in [0.29, 0.717) is 5.41 Å². The number of hydrogen-bond donors (Lipinski definition) is 0. The van der Waals surface area contributed by atoms with Gasteiger partial charge < -0.3 is 9.53 Å². The molecule has 19 heavy (non-hydrogen) atoms. The lowest BCUT2D eigenvalue weighted by Gasteiger charge is -2.18. The molecule has 1 rings (SSSR count). The topological polar surface area (TPSA) is 26.3 Å². The third kappa shape index (κ3) is 9.29. The van der Waals surface area contributed by atoms with Crippen LogP contribution in [-0.4, -0.2) is 12.9 Å². The molecule has 0 N–H and O–H groups in total. The van der Waals surface area contributed by atoms with Crippen molar-refractivity contribution in [3.8, 4) is 5.75 Å². The maximum absolute atomic E-state index is 8.81. The van der Waals surface area contributed by atoms with Gasteiger partial charge in [-0.05, 0) is 56.2 Å². The fourth-order valence-electron chi connectivity index (χ4n) is 1.65. The highest BCUT2D eigenvalue weighted by Gasteiger charge is 2.09. The Labute approximate surface area is 118 Å². The molecule has 2 heteroatoms. The van der Waals surface area contributed by atoms with E-state index in [9.17, 15) is 0 Å². The molecule has 0 aliphatic rings. The van der Waals surface area contributed by atoms with Crippen molar-refractivity contribution >= 4 is 6.29 Å². The molecule has 0 amide bonds. The standard InChI is InChI=1S/C15H24O.C2H4O/c1-12-7-8-13(2)14(11-12)16-10-6-9-15(3,4)5;1-2-3/h7-8,11H,6,9-10H2,1-5H3;2H,1H3. The SMILES string of the molecule is CC=O.Cc1ccc(C)c(OCCCC(C)(C)C)c1. The third-order valence-corrected chi connectivity index (χ3v) is 2.67. The number of carbonyl (C=O) groups excluding carboxylic acids is 1. The van der Waals surface area contributed by atoms with Crippen molar-refractivity contribution in [2.45, 2.75) is 54.4 Å². The molecule has 0 aromatic heterocycles. The Balaban J connectivity index is 0.000000982. The summed E-state index contributed by atoms with van der Waals surface area (Å²) < 4.78 is 5.81. The minimum Gasteiger partial charge on any atom is -0.493 e. The summed E-state index contributed by atoms with van der Waals surface area (Å²) in [5.41, 5.74) is 2.89. The number of ether oxygens (including phenoxy) is 1. The molecule has 0 saturated carbocycles. The Morgan fingerprint density at radius 2 is 1.79 bits per heavy atom. The predicted molar refractivity (Wildman–Crippen MR) is 81.8 cm³/mol. The number of aldehydes is 1. The largest absolute Gasteiger partial charge is 0.493 e. The fraction of sp³-hybridized carbons (Fsp3) is 0.588. The van der Waals surface area contributed by atoms with E-state index >= 15 is 0 Å². The first-order valence-corrected chi connectivity index (χ1v) is 6.90. The van der Waals surface area contributed by atoms with Crippen molar-refractivity contribution < 1.29 is 9.53 Å². The molecule has 0 unspecified atom stereocenters. The van der Waals surface area contributed by atoms with Crippen molar-refractivity contribution in [2.24, 2.45) is 5.41 Å². The molecule has 1 aromatic rings. The number of hydrogen-bond acceptors (Lipinski definition) is 2. The molecular formula is C17H28O2. The van der Waals surface area contributed by atoms with Gasteiger partial charge in [-0.1, -0.05) is 32.9 Å². The van der Waals surface area contributed by atoms with Gasteiger partial charge in [0.05, 0.1) is 6.61 Å². The zero-order valence-corrected chi connectivity index (χ0v) is 13.2. The molecule has 0 saturated heterocycles. The number of carbonyl (C=O) groups is 1. The van der Waals surface area contributed by atoms with E-state index in [1.807, 2.05) is 0 Å². The average Bonchev–Trinajstić information content (AvgIpc) is 2.29. The van der Waals surface area contributed by atoms with Crippen LogP contribution in [0.2, 0.25) is 0 Å². The third-order valence-electron chi connectivity index (χ3n) is 2.67. The van der Waals surface area contributed by atoms with Gasteiger partial charge in [-0.2, -0.15) is 0 Å². The Kier molecular flexibility index (Phi) is 8.13. The van der Waals surface area contributed by atoms with Crippen LogP contribution in [0.1, 0.15) is 51.7 Å². The average molecular weight is 264 g/mol. The summed E-state index contributed by atoms with van der Waals surface area (Å²) in [6, 6.07) is 6.36. The monoisotopic (exact) mass is 264 g/mol. The van der Waals surface area contributed by atoms with Gasteiger partial charge in [0, 0.05) is 0 Å². The van der Waals surface area contributed by atoms with Gasteiger partial charge in [0.1, 0.15) is 12.0 Å². The van der Waals surface area contributed by atoms with E-state index in [2.05, 4.69) is 52.8 Å². The van der Waals surface area contributed by atoms with Gasteiger partial charge in [-0.15, -0.1) is 0 Å². The molecule has 0 atom stereocenters. The second-order valence-electron chi connectivity index (χ2n) is 6.02. The van der Waals surface area contributed by atoms with Crippen LogP contribution >= 0.6 is 0 Å². The maximum atomic E-state index is 8.81. The zero-order valence-electron chi connectivity index (χ0n) is 13.2. The van der Waals surface area contributed by atoms with Crippen molar-refractivity contribution in [1.29, 1.82) is 0 Å². The van der Waals surface area contributed by atoms with Crippen LogP contribution in [0.5, 0.6) is 5.75 Å². The smallest absolute Gasteiger partial charge is 0.122 e. The van der Waals surface area contributed by atoms with Gasteiger partial charge in [0.15, 0.2) is 0 Å². The molecule has 0 heterocycles. The lowest BCUT2D eigenvalue weighted by molar-refractivity contribution is -0.106. The second kappa shape index (κ2) is 8.73. The molecule has 0 fully saturated rings. The first-order valence-electron chi connectivity index (χ1n) is 6.90. The maximum Gasteiger partial charge on any atom is 0.122 e. The molecule has 108 valence electrons. The summed E-state index contributed by atoms with van der Waals surface area (Å²) >= 11 is 0. The van der Waals surface area contributed by atoms with E-state index in [4.69, 9.17) is 9.53 Å². The number of aryl methyl sites for hydroxylation is 2. The zero-order chi connectivity index (χ0) is 14.9. The van der Waals surface area contributed by atoms with Gasteiger partial charge >= 0.3 is 0 Å². The van der Waals surface area contributed by atoms with E-state index in [1.165, 1.54) is 24.5 Å². The molecule has 0 aliphatic heterocycles. The highest BCUT2D eigenvalue weighted by atomic mass is 16.5. The van der Waals surface area contributed by atoms with Crippen molar-refractivity contribution in [2.75, 3.05) is 6.61 Å². The second-order valence-corrected chi connectivity index (χ2v) is 6.02. The summed E-state index contributed by atoms with van der Waals surface area (Å²) in [7, 11) is 0. The molecule has 0 aliphatic carbocycles. The summed E-state index contributed by atoms with van der Waals surface area (Å²) in [6.07, 6.45) is 3.08. The van der Waals surface area contributed by atoms with Crippen LogP contribution in [0, 0.1) is 19.3 Å². The molecule has 1 aromatic carbocycles. The number of rotatable bonds is 4. The Morgan fingerprint density at radius 1 is 1.21 bits per heavy atom. The van der Waals surface area contributed by atoms with Gasteiger partial charge in [-0.25, -0.2) is 0 Å². The molecule has 0 spiro atoms. The van der Waals surface area contributed by atoms with Crippen LogP contribution in [-0.2, 0) is 4.79 Å². The van der Waals surface area contributed by atoms with Gasteiger partial charge in [0.25, 0.3) is 0 Å². The minimum absolute atomic E-state index is 0.408. The Morgan fingerprint density at radius 3 is 2.32 bits per heavy atom. The lowest BCUT2D eigenvalue weighted by atomic mass is 9.91. The first-order chi connectivity index (χ1) is 8.80. The summed E-state index contributed by atoms with van der Waals surface area (Å²) in [6.45, 7) is 13.3. The van der Waals surface area contributed by atoms with Crippen LogP contribution in [0.15, 0.2) is 18.2 Å². The van der Waals surface area contributed by atoms with Crippen molar-refractivity contribution in [3.63, 3.8) is 0 Å². The van der Waals surface area contributed by atoms with Crippen molar-refractivity contribution in [3.05, 3.63) is 29.3 Å². The lowest BCUT2D eigenvalue weighted by Crippen LogP contribution is -2.08. The van der Waals surface area contributed by atoms with Gasteiger partial charge in [0.2, 0.25) is 0 Å². The van der Waals surface area contributed by atoms with Crippen LogP contribution < -0.4 is 4.74 Å². The van der Waals surface area contributed by atoms with Crippen LogP contribution in [0.25, 0.3) is 0 Å². The summed E-state index contributed by atoms with van der Waals surface area (Å²) in [5, 5.41) is 0. The molecule has 2 nitrogen and oxygen atoms in total. The molecule has 0 bridgehead atoms. The first kappa shape index (κ1) is 17.7. The predicted octanol–water partition coefficient (Wildman–Crippen LogP) is 4.71. The van der Waals surface area contributed by atoms with E-state index in [0.717, 1.165) is 25.1 Å². The number of benzene rings is 1. The highest BCUT2D eigenvalue weighted by molar-refractivity contribution is 5.44. The van der Waals surface area contributed by atoms with E-state index in [-0.39, 0.29) is 0 Å². The minimum atomic E-state index is 0.408. The van der Waals surface area contributed by atoms with E-state index < -0.39 is 0 Å². The Bertz CT molecular complexity index is 375. The quantitative estimate of drug-likeness (QED) is 0.581. The Hall–Kier alpha value is -1.31. The van der Waals surface area contributed by atoms with E-state index in [1.54, 1.807) is 0 Å². The van der Waals surface area contributed by atoms with Crippen molar-refractivity contribution in [1.82, 2.24) is 0 Å². The van der Waals surface area contributed by atoms with Crippen LogP contribution in [0.3, 0.4) is 0 Å². The summed E-state index contributed by atoms with van der Waals surface area (Å²) in [4.78, 5) is 8.81. The summed E-state index contributed by atoms with van der Waals surface area (Å²) in [5.74, 6) is 1.04. The molecular weight excluding hydrogens is 236 g/mol. The highest BCUT2D eigenvalue weighted by Crippen LogP contribution is 2.22.